The summed E-state index contributed by atoms with van der Waals surface area (Å²) in [6.45, 7) is 4.05. The summed E-state index contributed by atoms with van der Waals surface area (Å²) in [6, 6.07) is -0.0425. The van der Waals surface area contributed by atoms with Crippen LogP contribution in [0.3, 0.4) is 0 Å². The van der Waals surface area contributed by atoms with E-state index in [1.165, 1.54) is 32.1 Å². The zero-order valence-corrected chi connectivity index (χ0v) is 15.8. The SMILES string of the molecule is Cc1nn(C2CCS(=O)(=O)C2)c(C)c1-n1ccnc1C1CCCCC1. The summed E-state index contributed by atoms with van der Waals surface area (Å²) in [6.07, 6.45) is 10.8. The van der Waals surface area contributed by atoms with Gasteiger partial charge in [-0.05, 0) is 33.1 Å². The molecule has 4 rings (SSSR count). The highest BCUT2D eigenvalue weighted by atomic mass is 32.2. The van der Waals surface area contributed by atoms with Gasteiger partial charge in [0.2, 0.25) is 0 Å². The third-order valence-corrected chi connectivity index (χ3v) is 7.47. The lowest BCUT2D eigenvalue weighted by Gasteiger charge is -2.22. The Kier molecular flexibility index (Phi) is 4.22. The number of aromatic nitrogens is 4. The summed E-state index contributed by atoms with van der Waals surface area (Å²) >= 11 is 0. The quantitative estimate of drug-likeness (QED) is 0.841. The topological polar surface area (TPSA) is 69.8 Å². The highest BCUT2D eigenvalue weighted by Gasteiger charge is 2.32. The van der Waals surface area contributed by atoms with Crippen molar-refractivity contribution in [1.82, 2.24) is 19.3 Å². The van der Waals surface area contributed by atoms with E-state index in [1.807, 2.05) is 30.9 Å². The van der Waals surface area contributed by atoms with Gasteiger partial charge in [0.25, 0.3) is 0 Å². The van der Waals surface area contributed by atoms with Crippen LogP contribution in [0.5, 0.6) is 0 Å². The molecule has 1 aliphatic heterocycles. The van der Waals surface area contributed by atoms with Gasteiger partial charge in [0, 0.05) is 18.3 Å². The van der Waals surface area contributed by atoms with Crippen LogP contribution in [0.4, 0.5) is 0 Å². The molecule has 25 heavy (non-hydrogen) atoms. The molecule has 1 atom stereocenters. The fourth-order valence-electron chi connectivity index (χ4n) is 4.49. The molecule has 7 heteroatoms. The number of hydrogen-bond donors (Lipinski definition) is 0. The Labute approximate surface area is 149 Å². The Morgan fingerprint density at radius 2 is 1.88 bits per heavy atom. The van der Waals surface area contributed by atoms with Crippen LogP contribution >= 0.6 is 0 Å². The van der Waals surface area contributed by atoms with Crippen LogP contribution in [0.25, 0.3) is 5.69 Å². The van der Waals surface area contributed by atoms with Crippen LogP contribution in [0, 0.1) is 13.8 Å². The third kappa shape index (κ3) is 3.03. The molecule has 1 saturated carbocycles. The summed E-state index contributed by atoms with van der Waals surface area (Å²) in [5.74, 6) is 2.11. The summed E-state index contributed by atoms with van der Waals surface area (Å²) < 4.78 is 27.8. The molecule has 0 spiro atoms. The summed E-state index contributed by atoms with van der Waals surface area (Å²) in [5.41, 5.74) is 3.05. The Morgan fingerprint density at radius 3 is 2.56 bits per heavy atom. The first-order valence-corrected chi connectivity index (χ1v) is 11.1. The summed E-state index contributed by atoms with van der Waals surface area (Å²) in [4.78, 5) is 4.66. The second-order valence-electron chi connectivity index (χ2n) is 7.51. The van der Waals surface area contributed by atoms with E-state index in [0.29, 0.717) is 12.3 Å². The number of aryl methyl sites for hydroxylation is 1. The van der Waals surface area contributed by atoms with E-state index in [4.69, 9.17) is 5.10 Å². The molecular weight excluding hydrogens is 336 g/mol. The van der Waals surface area contributed by atoms with Crippen molar-refractivity contribution < 1.29 is 8.42 Å². The van der Waals surface area contributed by atoms with E-state index in [-0.39, 0.29) is 17.5 Å². The van der Waals surface area contributed by atoms with Gasteiger partial charge >= 0.3 is 0 Å². The molecular formula is C18H26N4O2S. The predicted octanol–water partition coefficient (Wildman–Crippen LogP) is 3.09. The second-order valence-corrected chi connectivity index (χ2v) is 9.74. The first kappa shape index (κ1) is 16.8. The minimum Gasteiger partial charge on any atom is -0.300 e. The molecule has 1 saturated heterocycles. The Hall–Kier alpha value is -1.63. The van der Waals surface area contributed by atoms with Gasteiger partial charge in [0.1, 0.15) is 5.82 Å². The molecule has 0 radical (unpaired) electrons. The van der Waals surface area contributed by atoms with Crippen molar-refractivity contribution in [1.29, 1.82) is 0 Å². The molecule has 0 amide bonds. The summed E-state index contributed by atoms with van der Waals surface area (Å²) in [7, 11) is -2.92. The first-order chi connectivity index (χ1) is 12.0. The van der Waals surface area contributed by atoms with E-state index in [0.717, 1.165) is 22.9 Å². The average Bonchev–Trinajstić information content (AvgIpc) is 3.26. The molecule has 1 aliphatic carbocycles. The Morgan fingerprint density at radius 1 is 1.12 bits per heavy atom. The molecule has 2 fully saturated rings. The molecule has 3 heterocycles. The van der Waals surface area contributed by atoms with Gasteiger partial charge in [-0.1, -0.05) is 19.3 Å². The molecule has 2 aliphatic rings. The predicted molar refractivity (Wildman–Crippen MR) is 97.0 cm³/mol. The molecule has 0 N–H and O–H groups in total. The van der Waals surface area contributed by atoms with E-state index in [1.54, 1.807) is 0 Å². The van der Waals surface area contributed by atoms with Crippen LogP contribution in [0.15, 0.2) is 12.4 Å². The van der Waals surface area contributed by atoms with Crippen molar-refractivity contribution in [2.75, 3.05) is 11.5 Å². The van der Waals surface area contributed by atoms with Gasteiger partial charge in [-0.15, -0.1) is 0 Å². The molecule has 1 unspecified atom stereocenters. The number of imidazole rings is 1. The maximum Gasteiger partial charge on any atom is 0.152 e. The second kappa shape index (κ2) is 6.27. The van der Waals surface area contributed by atoms with Gasteiger partial charge in [-0.3, -0.25) is 9.25 Å². The Bertz CT molecular complexity index is 875. The Balaban J connectivity index is 1.72. The zero-order valence-electron chi connectivity index (χ0n) is 15.0. The van der Waals surface area contributed by atoms with Crippen molar-refractivity contribution in [3.8, 4) is 5.69 Å². The smallest absolute Gasteiger partial charge is 0.152 e. The van der Waals surface area contributed by atoms with Crippen LogP contribution in [0.2, 0.25) is 0 Å². The summed E-state index contributed by atoms with van der Waals surface area (Å²) in [5, 5.41) is 4.70. The normalized spacial score (nSPS) is 24.0. The van der Waals surface area contributed by atoms with Gasteiger partial charge in [-0.25, -0.2) is 13.4 Å². The van der Waals surface area contributed by atoms with Gasteiger partial charge in [0.05, 0.1) is 34.6 Å². The van der Waals surface area contributed by atoms with Gasteiger partial charge in [0.15, 0.2) is 9.84 Å². The number of sulfone groups is 1. The van der Waals surface area contributed by atoms with Crippen molar-refractivity contribution >= 4 is 9.84 Å². The number of rotatable bonds is 3. The minimum absolute atomic E-state index is 0.0425. The first-order valence-electron chi connectivity index (χ1n) is 9.26. The van der Waals surface area contributed by atoms with Crippen LogP contribution in [-0.2, 0) is 9.84 Å². The van der Waals surface area contributed by atoms with E-state index < -0.39 is 9.84 Å². The van der Waals surface area contributed by atoms with Crippen LogP contribution in [0.1, 0.15) is 67.7 Å². The molecule has 2 aromatic rings. The lowest BCUT2D eigenvalue weighted by Crippen LogP contribution is -2.15. The van der Waals surface area contributed by atoms with E-state index in [9.17, 15) is 8.42 Å². The van der Waals surface area contributed by atoms with Crippen molar-refractivity contribution in [2.24, 2.45) is 0 Å². The lowest BCUT2D eigenvalue weighted by atomic mass is 9.88. The maximum absolute atomic E-state index is 11.9. The molecule has 136 valence electrons. The molecule has 6 nitrogen and oxygen atoms in total. The van der Waals surface area contributed by atoms with Crippen molar-refractivity contribution in [3.63, 3.8) is 0 Å². The van der Waals surface area contributed by atoms with E-state index >= 15 is 0 Å². The highest BCUT2D eigenvalue weighted by Crippen LogP contribution is 2.35. The monoisotopic (exact) mass is 362 g/mol. The van der Waals surface area contributed by atoms with Crippen molar-refractivity contribution in [3.05, 3.63) is 29.6 Å². The average molecular weight is 362 g/mol. The van der Waals surface area contributed by atoms with Crippen LogP contribution in [-0.4, -0.2) is 39.3 Å². The minimum atomic E-state index is -2.92. The van der Waals surface area contributed by atoms with Gasteiger partial charge in [-0.2, -0.15) is 5.10 Å². The van der Waals surface area contributed by atoms with Gasteiger partial charge < -0.3 is 0 Å². The fourth-order valence-corrected chi connectivity index (χ4v) is 6.19. The maximum atomic E-state index is 11.9. The van der Waals surface area contributed by atoms with E-state index in [2.05, 4.69) is 9.55 Å². The number of hydrogen-bond acceptors (Lipinski definition) is 4. The largest absolute Gasteiger partial charge is 0.300 e. The van der Waals surface area contributed by atoms with Crippen molar-refractivity contribution in [2.45, 2.75) is 64.3 Å². The standard InChI is InChI=1S/C18H26N4O2S/c1-13-17(14(2)22(20-13)16-8-11-25(23,24)12-16)21-10-9-19-18(21)15-6-4-3-5-7-15/h9-10,15-16H,3-8,11-12H2,1-2H3. The fraction of sp³-hybridized carbons (Fsp3) is 0.667. The number of nitrogens with zero attached hydrogens (tertiary/aromatic N) is 4. The lowest BCUT2D eigenvalue weighted by molar-refractivity contribution is 0.425. The third-order valence-electron chi connectivity index (χ3n) is 5.72. The molecule has 2 aromatic heterocycles. The molecule has 0 bridgehead atoms. The zero-order chi connectivity index (χ0) is 17.6. The van der Waals surface area contributed by atoms with Crippen LogP contribution < -0.4 is 0 Å². The highest BCUT2D eigenvalue weighted by molar-refractivity contribution is 7.91. The molecule has 0 aromatic carbocycles.